The summed E-state index contributed by atoms with van der Waals surface area (Å²) in [7, 11) is 0. The van der Waals surface area contributed by atoms with Gasteiger partial charge in [-0.3, -0.25) is 4.79 Å². The molecule has 0 aromatic heterocycles. The van der Waals surface area contributed by atoms with Crippen molar-refractivity contribution < 1.29 is 19.7 Å². The van der Waals surface area contributed by atoms with Gasteiger partial charge in [-0.15, -0.1) is 0 Å². The van der Waals surface area contributed by atoms with Crippen LogP contribution in [-0.4, -0.2) is 35.9 Å². The van der Waals surface area contributed by atoms with Crippen molar-refractivity contribution in [3.05, 3.63) is 59.7 Å². The Labute approximate surface area is 172 Å². The predicted octanol–water partition coefficient (Wildman–Crippen LogP) is 3.73. The largest absolute Gasteiger partial charge is 0.493 e. The smallest absolute Gasteiger partial charge is 0.229 e. The van der Waals surface area contributed by atoms with Gasteiger partial charge < -0.3 is 19.8 Å². The molecule has 0 radical (unpaired) electrons. The molecule has 29 heavy (non-hydrogen) atoms. The molecule has 0 aliphatic carbocycles. The van der Waals surface area contributed by atoms with Gasteiger partial charge in [0.25, 0.3) is 0 Å². The summed E-state index contributed by atoms with van der Waals surface area (Å²) in [5, 5.41) is 20.0. The number of ether oxygens (including phenoxy) is 1. The Hall–Kier alpha value is -2.37. The number of carbonyl (C=O) groups is 1. The number of unbranched alkanes of at least 4 members (excludes halogenated alkanes) is 1. The van der Waals surface area contributed by atoms with Crippen LogP contribution < -0.4 is 9.64 Å². The monoisotopic (exact) mass is 397 g/mol. The summed E-state index contributed by atoms with van der Waals surface area (Å²) in [6.07, 6.45) is 1.54. The van der Waals surface area contributed by atoms with Crippen LogP contribution in [0.3, 0.4) is 0 Å². The first-order chi connectivity index (χ1) is 14.0. The lowest BCUT2D eigenvalue weighted by Crippen LogP contribution is -2.35. The first-order valence-corrected chi connectivity index (χ1v) is 10.4. The number of carbonyl (C=O) groups excluding carboxylic acids is 1. The molecule has 1 amide bonds. The average Bonchev–Trinajstić information content (AvgIpc) is 2.73. The zero-order chi connectivity index (χ0) is 20.8. The lowest BCUT2D eigenvalue weighted by Gasteiger charge is -2.32. The highest BCUT2D eigenvalue weighted by Crippen LogP contribution is 2.39. The van der Waals surface area contributed by atoms with Crippen molar-refractivity contribution in [2.24, 2.45) is 11.8 Å². The minimum atomic E-state index is -0.600. The van der Waals surface area contributed by atoms with Crippen LogP contribution in [0.5, 0.6) is 5.75 Å². The molecule has 0 unspecified atom stereocenters. The van der Waals surface area contributed by atoms with Gasteiger partial charge in [-0.1, -0.05) is 50.2 Å². The molecule has 156 valence electrons. The van der Waals surface area contributed by atoms with E-state index in [1.165, 1.54) is 5.56 Å². The summed E-state index contributed by atoms with van der Waals surface area (Å²) in [6.45, 7) is 4.87. The van der Waals surface area contributed by atoms with E-state index in [4.69, 9.17) is 9.84 Å². The molecule has 0 saturated heterocycles. The highest BCUT2D eigenvalue weighted by molar-refractivity contribution is 5.94. The van der Waals surface area contributed by atoms with Crippen molar-refractivity contribution in [1.29, 1.82) is 0 Å². The highest BCUT2D eigenvalue weighted by Gasteiger charge is 2.30. The van der Waals surface area contributed by atoms with Gasteiger partial charge in [0.15, 0.2) is 0 Å². The average molecular weight is 398 g/mol. The molecular formula is C24H31NO4. The summed E-state index contributed by atoms with van der Waals surface area (Å²) in [5.74, 6) is 0.555. The number of fused-ring (bicyclic) bond motifs is 1. The van der Waals surface area contributed by atoms with Gasteiger partial charge in [0, 0.05) is 42.3 Å². The number of rotatable bonds is 8. The SMILES string of the molecule is CC(C)C(=O)N(CCCCO)c1ccc2c(c1)OC[C@@H](Cc1ccccc1)[C@@H]2O. The number of aliphatic hydroxyl groups excluding tert-OH is 2. The van der Waals surface area contributed by atoms with E-state index in [2.05, 4.69) is 12.1 Å². The minimum absolute atomic E-state index is 0.00583. The number of anilines is 1. The van der Waals surface area contributed by atoms with Gasteiger partial charge in [-0.05, 0) is 30.9 Å². The molecule has 0 spiro atoms. The van der Waals surface area contributed by atoms with Crippen LogP contribution in [0, 0.1) is 11.8 Å². The summed E-state index contributed by atoms with van der Waals surface area (Å²) < 4.78 is 6.00. The van der Waals surface area contributed by atoms with E-state index >= 15 is 0 Å². The Kier molecular flexibility index (Phi) is 7.29. The number of hydrogen-bond donors (Lipinski definition) is 2. The molecule has 2 aromatic carbocycles. The second kappa shape index (κ2) is 9.90. The maximum Gasteiger partial charge on any atom is 0.229 e. The maximum absolute atomic E-state index is 12.7. The Morgan fingerprint density at radius 3 is 2.62 bits per heavy atom. The summed E-state index contributed by atoms with van der Waals surface area (Å²) in [5.41, 5.74) is 2.72. The van der Waals surface area contributed by atoms with Crippen LogP contribution in [-0.2, 0) is 11.2 Å². The van der Waals surface area contributed by atoms with Crippen molar-refractivity contribution in [2.75, 3.05) is 24.7 Å². The van der Waals surface area contributed by atoms with Gasteiger partial charge in [0.1, 0.15) is 5.75 Å². The Morgan fingerprint density at radius 1 is 1.17 bits per heavy atom. The molecule has 0 bridgehead atoms. The Morgan fingerprint density at radius 2 is 1.93 bits per heavy atom. The van der Waals surface area contributed by atoms with Gasteiger partial charge in [0.05, 0.1) is 12.7 Å². The van der Waals surface area contributed by atoms with Crippen molar-refractivity contribution in [3.8, 4) is 5.75 Å². The van der Waals surface area contributed by atoms with Crippen LogP contribution in [0.4, 0.5) is 5.69 Å². The van der Waals surface area contributed by atoms with E-state index in [1.54, 1.807) is 4.90 Å². The van der Waals surface area contributed by atoms with E-state index in [0.29, 0.717) is 25.3 Å². The molecular weight excluding hydrogens is 366 g/mol. The lowest BCUT2D eigenvalue weighted by molar-refractivity contribution is -0.121. The second-order valence-corrected chi connectivity index (χ2v) is 8.00. The summed E-state index contributed by atoms with van der Waals surface area (Å²) >= 11 is 0. The lowest BCUT2D eigenvalue weighted by atomic mass is 9.88. The number of amides is 1. The van der Waals surface area contributed by atoms with E-state index in [0.717, 1.165) is 24.1 Å². The molecule has 2 N–H and O–H groups in total. The molecule has 1 aliphatic rings. The van der Waals surface area contributed by atoms with Crippen LogP contribution in [0.2, 0.25) is 0 Å². The number of benzene rings is 2. The van der Waals surface area contributed by atoms with E-state index in [9.17, 15) is 9.90 Å². The third-order valence-electron chi connectivity index (χ3n) is 5.42. The molecule has 1 aliphatic heterocycles. The Balaban J connectivity index is 1.78. The van der Waals surface area contributed by atoms with Crippen molar-refractivity contribution in [1.82, 2.24) is 0 Å². The maximum atomic E-state index is 12.7. The van der Waals surface area contributed by atoms with Gasteiger partial charge in [0.2, 0.25) is 5.91 Å². The van der Waals surface area contributed by atoms with Crippen LogP contribution >= 0.6 is 0 Å². The first kappa shape index (κ1) is 21.3. The molecule has 3 rings (SSSR count). The standard InChI is InChI=1S/C24H31NO4/c1-17(2)24(28)25(12-6-7-13-26)20-10-11-21-22(15-20)29-16-19(23(21)27)14-18-8-4-3-5-9-18/h3-5,8-11,15,17,19,23,26-27H,6-7,12-14,16H2,1-2H3/t19-,23+/m1/s1. The van der Waals surface area contributed by atoms with Crippen molar-refractivity contribution >= 4 is 11.6 Å². The molecule has 1 heterocycles. The van der Waals surface area contributed by atoms with Crippen LogP contribution in [0.15, 0.2) is 48.5 Å². The fourth-order valence-corrected chi connectivity index (χ4v) is 3.75. The number of nitrogens with zero attached hydrogens (tertiary/aromatic N) is 1. The van der Waals surface area contributed by atoms with E-state index < -0.39 is 6.10 Å². The topological polar surface area (TPSA) is 70.0 Å². The van der Waals surface area contributed by atoms with Crippen molar-refractivity contribution in [2.45, 2.75) is 39.2 Å². The molecule has 0 fully saturated rings. The summed E-state index contributed by atoms with van der Waals surface area (Å²) in [6, 6.07) is 15.7. The third-order valence-corrected chi connectivity index (χ3v) is 5.42. The minimum Gasteiger partial charge on any atom is -0.493 e. The number of hydrogen-bond acceptors (Lipinski definition) is 4. The molecule has 2 aromatic rings. The quantitative estimate of drug-likeness (QED) is 0.666. The van der Waals surface area contributed by atoms with E-state index in [1.807, 2.05) is 50.2 Å². The zero-order valence-corrected chi connectivity index (χ0v) is 17.3. The van der Waals surface area contributed by atoms with E-state index in [-0.39, 0.29) is 24.3 Å². The van der Waals surface area contributed by atoms with Crippen LogP contribution in [0.1, 0.15) is 43.9 Å². The number of aliphatic hydroxyl groups is 2. The van der Waals surface area contributed by atoms with Gasteiger partial charge in [-0.2, -0.15) is 0 Å². The zero-order valence-electron chi connectivity index (χ0n) is 17.3. The molecule has 5 nitrogen and oxygen atoms in total. The molecule has 2 atom stereocenters. The molecule has 5 heteroatoms. The predicted molar refractivity (Wildman–Crippen MR) is 114 cm³/mol. The molecule has 0 saturated carbocycles. The summed E-state index contributed by atoms with van der Waals surface area (Å²) in [4.78, 5) is 14.5. The first-order valence-electron chi connectivity index (χ1n) is 10.4. The fraction of sp³-hybridized carbons (Fsp3) is 0.458. The highest BCUT2D eigenvalue weighted by atomic mass is 16.5. The normalized spacial score (nSPS) is 18.2. The van der Waals surface area contributed by atoms with Crippen molar-refractivity contribution in [3.63, 3.8) is 0 Å². The third kappa shape index (κ3) is 5.17. The van der Waals surface area contributed by atoms with Gasteiger partial charge in [-0.25, -0.2) is 0 Å². The van der Waals surface area contributed by atoms with Crippen LogP contribution in [0.25, 0.3) is 0 Å². The second-order valence-electron chi connectivity index (χ2n) is 8.00. The van der Waals surface area contributed by atoms with Gasteiger partial charge >= 0.3 is 0 Å². The Bertz CT molecular complexity index is 806. The fourth-order valence-electron chi connectivity index (χ4n) is 3.75.